The van der Waals surface area contributed by atoms with Crippen LogP contribution in [0, 0.1) is 5.41 Å². The Morgan fingerprint density at radius 2 is 1.52 bits per heavy atom. The number of aromatic nitrogens is 3. The van der Waals surface area contributed by atoms with Crippen molar-refractivity contribution in [2.24, 2.45) is 5.41 Å². The summed E-state index contributed by atoms with van der Waals surface area (Å²) >= 11 is 0. The van der Waals surface area contributed by atoms with Gasteiger partial charge < -0.3 is 14.9 Å². The van der Waals surface area contributed by atoms with Gasteiger partial charge in [-0.1, -0.05) is 54.6 Å². The summed E-state index contributed by atoms with van der Waals surface area (Å²) in [6.07, 6.45) is 14.2. The van der Waals surface area contributed by atoms with Crippen molar-refractivity contribution in [1.82, 2.24) is 24.0 Å². The first-order chi connectivity index (χ1) is 19.4. The predicted octanol–water partition coefficient (Wildman–Crippen LogP) is 2.76. The lowest BCUT2D eigenvalue weighted by molar-refractivity contribution is -0.153. The first kappa shape index (κ1) is 26.3. The average molecular weight is 542 g/mol. The zero-order valence-corrected chi connectivity index (χ0v) is 22.6. The van der Waals surface area contributed by atoms with Crippen molar-refractivity contribution in [2.75, 3.05) is 26.2 Å². The molecule has 1 aromatic carbocycles. The van der Waals surface area contributed by atoms with E-state index in [1.165, 1.54) is 15.4 Å². The van der Waals surface area contributed by atoms with Crippen molar-refractivity contribution in [2.45, 2.75) is 50.2 Å². The number of fused-ring (bicyclic) bond motifs is 1. The van der Waals surface area contributed by atoms with E-state index in [0.717, 1.165) is 24.8 Å². The zero-order chi connectivity index (χ0) is 27.7. The van der Waals surface area contributed by atoms with Crippen LogP contribution in [0.15, 0.2) is 84.1 Å². The maximum Gasteiger partial charge on any atom is 0.277 e. The Kier molecular flexibility index (Phi) is 6.92. The van der Waals surface area contributed by atoms with Crippen molar-refractivity contribution >= 4 is 17.3 Å². The normalized spacial score (nSPS) is 24.4. The largest absolute Gasteiger partial charge is 0.388 e. The maximum atomic E-state index is 14.2. The molecule has 0 spiro atoms. The monoisotopic (exact) mass is 541 g/mol. The van der Waals surface area contributed by atoms with Gasteiger partial charge in [0.15, 0.2) is 5.41 Å². The molecule has 6 rings (SSSR count). The highest BCUT2D eigenvalue weighted by Gasteiger charge is 2.49. The molecule has 9 heteroatoms. The molecule has 0 bridgehead atoms. The van der Waals surface area contributed by atoms with Crippen molar-refractivity contribution in [3.05, 3.63) is 95.2 Å². The number of allylic oxidation sites excluding steroid dienone is 2. The van der Waals surface area contributed by atoms with Gasteiger partial charge in [-0.25, -0.2) is 4.52 Å². The van der Waals surface area contributed by atoms with Crippen molar-refractivity contribution in [3.8, 4) is 0 Å². The van der Waals surface area contributed by atoms with Gasteiger partial charge in [0, 0.05) is 38.3 Å². The Morgan fingerprint density at radius 3 is 2.20 bits per heavy atom. The van der Waals surface area contributed by atoms with Crippen molar-refractivity contribution in [3.63, 3.8) is 0 Å². The van der Waals surface area contributed by atoms with E-state index in [1.807, 2.05) is 47.4 Å². The van der Waals surface area contributed by atoms with Gasteiger partial charge >= 0.3 is 0 Å². The van der Waals surface area contributed by atoms with Crippen molar-refractivity contribution in [1.29, 1.82) is 0 Å². The smallest absolute Gasteiger partial charge is 0.277 e. The molecule has 2 aromatic heterocycles. The second-order valence-electron chi connectivity index (χ2n) is 11.3. The van der Waals surface area contributed by atoms with E-state index < -0.39 is 11.0 Å². The molecule has 2 saturated heterocycles. The molecule has 2 fully saturated rings. The highest BCUT2D eigenvalue weighted by Crippen LogP contribution is 2.37. The fraction of sp³-hybridized carbons (Fsp3) is 0.419. The minimum absolute atomic E-state index is 0.00687. The summed E-state index contributed by atoms with van der Waals surface area (Å²) in [5.74, 6) is -0.430. The van der Waals surface area contributed by atoms with Crippen molar-refractivity contribution < 1.29 is 14.7 Å². The standard InChI is InChI=1S/C31H35N5O4/c37-27-26-10-7-19-36(26)32-23-35(27)22-30(40)15-20-34(21-16-30)29(39)31(28(38)33-17-5-2-6-18-33)13-11-25(12-14-31)24-8-3-1-4-9-24/h1,3-4,7-14,19,23,25,40H,2,5-6,15-18,20-22H2. The number of carbonyl (C=O) groups excluding carboxylic acids is 2. The number of aliphatic hydroxyl groups is 1. The molecule has 3 aliphatic rings. The molecule has 9 nitrogen and oxygen atoms in total. The third-order valence-corrected chi connectivity index (χ3v) is 8.64. The summed E-state index contributed by atoms with van der Waals surface area (Å²) in [6.45, 7) is 2.00. The summed E-state index contributed by atoms with van der Waals surface area (Å²) in [6, 6.07) is 13.5. The molecule has 4 heterocycles. The molecule has 40 heavy (non-hydrogen) atoms. The van der Waals surface area contributed by atoms with E-state index >= 15 is 0 Å². The topological polar surface area (TPSA) is 100 Å². The number of likely N-dealkylation sites (tertiary alicyclic amines) is 2. The van der Waals surface area contributed by atoms with Crippen LogP contribution < -0.4 is 5.56 Å². The molecule has 2 amide bonds. The minimum atomic E-state index is -1.39. The second kappa shape index (κ2) is 10.5. The molecule has 0 unspecified atom stereocenters. The van der Waals surface area contributed by atoms with Crippen LogP contribution in [-0.4, -0.2) is 72.7 Å². The Morgan fingerprint density at radius 1 is 0.875 bits per heavy atom. The third-order valence-electron chi connectivity index (χ3n) is 8.64. The molecule has 3 aromatic rings. The maximum absolute atomic E-state index is 14.2. The van der Waals surface area contributed by atoms with E-state index in [9.17, 15) is 19.5 Å². The van der Waals surface area contributed by atoms with Crippen LogP contribution >= 0.6 is 0 Å². The van der Waals surface area contributed by atoms with E-state index in [2.05, 4.69) is 5.10 Å². The van der Waals surface area contributed by atoms with Gasteiger partial charge in [-0.05, 0) is 49.8 Å². The van der Waals surface area contributed by atoms with Gasteiger partial charge in [0.2, 0.25) is 11.8 Å². The number of carbonyl (C=O) groups is 2. The van der Waals surface area contributed by atoms with Crippen LogP contribution in [0.25, 0.3) is 5.52 Å². The van der Waals surface area contributed by atoms with Crippen LogP contribution in [0.5, 0.6) is 0 Å². The Labute approximate surface area is 233 Å². The van der Waals surface area contributed by atoms with Gasteiger partial charge in [-0.3, -0.25) is 19.0 Å². The quantitative estimate of drug-likeness (QED) is 0.396. The number of hydrogen-bond acceptors (Lipinski definition) is 5. The third kappa shape index (κ3) is 4.79. The van der Waals surface area contributed by atoms with Gasteiger partial charge in [-0.15, -0.1) is 0 Å². The Hall–Kier alpha value is -3.98. The van der Waals surface area contributed by atoms with Crippen LogP contribution in [0.3, 0.4) is 0 Å². The molecule has 208 valence electrons. The fourth-order valence-corrected chi connectivity index (χ4v) is 6.20. The van der Waals surface area contributed by atoms with Gasteiger partial charge in [0.1, 0.15) is 11.8 Å². The van der Waals surface area contributed by atoms with Crippen LogP contribution in [-0.2, 0) is 16.1 Å². The molecule has 0 saturated carbocycles. The molecule has 0 atom stereocenters. The number of hydrogen-bond donors (Lipinski definition) is 1. The number of amides is 2. The number of benzene rings is 1. The number of rotatable bonds is 5. The lowest BCUT2D eigenvalue weighted by atomic mass is 9.76. The Bertz CT molecular complexity index is 1490. The van der Waals surface area contributed by atoms with Gasteiger partial charge in [0.25, 0.3) is 5.56 Å². The first-order valence-corrected chi connectivity index (χ1v) is 14.2. The summed E-state index contributed by atoms with van der Waals surface area (Å²) in [5, 5.41) is 15.6. The second-order valence-corrected chi connectivity index (χ2v) is 11.3. The van der Waals surface area contributed by atoms with Crippen LogP contribution in [0.1, 0.15) is 43.6 Å². The van der Waals surface area contributed by atoms with E-state index in [1.54, 1.807) is 35.4 Å². The molecule has 0 radical (unpaired) electrons. The summed E-state index contributed by atoms with van der Waals surface area (Å²) in [5.41, 5.74) is -1.22. The minimum Gasteiger partial charge on any atom is -0.388 e. The zero-order valence-electron chi connectivity index (χ0n) is 22.6. The van der Waals surface area contributed by atoms with E-state index in [0.29, 0.717) is 44.5 Å². The average Bonchev–Trinajstić information content (AvgIpc) is 3.49. The predicted molar refractivity (Wildman–Crippen MR) is 151 cm³/mol. The SMILES string of the molecule is O=C(N1CCCCC1)C1(C(=O)N2CCC(O)(Cn3cnn4cccc4c3=O)CC2)C=CC(c2ccccc2)C=C1. The lowest BCUT2D eigenvalue weighted by Gasteiger charge is -2.43. The summed E-state index contributed by atoms with van der Waals surface area (Å²) < 4.78 is 2.95. The van der Waals surface area contributed by atoms with Gasteiger partial charge in [-0.2, -0.15) is 5.10 Å². The van der Waals surface area contributed by atoms with E-state index in [-0.39, 0.29) is 29.8 Å². The van der Waals surface area contributed by atoms with E-state index in [4.69, 9.17) is 0 Å². The summed E-state index contributed by atoms with van der Waals surface area (Å²) in [7, 11) is 0. The first-order valence-electron chi connectivity index (χ1n) is 14.2. The lowest BCUT2D eigenvalue weighted by Crippen LogP contribution is -2.57. The molecule has 1 aliphatic carbocycles. The molecule has 2 aliphatic heterocycles. The van der Waals surface area contributed by atoms with Crippen LogP contribution in [0.4, 0.5) is 0 Å². The van der Waals surface area contributed by atoms with Gasteiger partial charge in [0.05, 0.1) is 12.1 Å². The number of nitrogens with zero attached hydrogens (tertiary/aromatic N) is 5. The Balaban J connectivity index is 1.21. The highest BCUT2D eigenvalue weighted by atomic mass is 16.3. The molecular weight excluding hydrogens is 506 g/mol. The van der Waals surface area contributed by atoms with Crippen LogP contribution in [0.2, 0.25) is 0 Å². The highest BCUT2D eigenvalue weighted by molar-refractivity contribution is 6.09. The molecular formula is C31H35N5O4. The fourth-order valence-electron chi connectivity index (χ4n) is 6.20. The molecule has 1 N–H and O–H groups in total. The summed E-state index contributed by atoms with van der Waals surface area (Å²) in [4.78, 5) is 44.5. The number of piperidine rings is 2.